The van der Waals surface area contributed by atoms with E-state index in [2.05, 4.69) is 23.3 Å². The van der Waals surface area contributed by atoms with Gasteiger partial charge in [-0.25, -0.2) is 0 Å². The van der Waals surface area contributed by atoms with Gasteiger partial charge in [0, 0.05) is 23.6 Å². The molecule has 0 spiro atoms. The van der Waals surface area contributed by atoms with Crippen molar-refractivity contribution in [2.75, 3.05) is 10.2 Å². The first kappa shape index (κ1) is 16.3. The Morgan fingerprint density at radius 1 is 1.12 bits per heavy atom. The van der Waals surface area contributed by atoms with Crippen molar-refractivity contribution in [1.29, 1.82) is 0 Å². The summed E-state index contributed by atoms with van der Waals surface area (Å²) in [6.45, 7) is 4.13. The normalized spacial score (nSPS) is 15.6. The standard InChI is InChI=1S/C22H21N3O/c1-15-7-3-5-9-20(15)24-19-12-18(13-23-14-19)22(26)25-16(2)11-17-8-4-6-10-21(17)25/h3-10,12-14,16,24H,11H2,1-2H3. The van der Waals surface area contributed by atoms with E-state index in [0.29, 0.717) is 5.56 Å². The number of aryl methyl sites for hydroxylation is 1. The Morgan fingerprint density at radius 3 is 2.73 bits per heavy atom. The molecule has 1 N–H and O–H groups in total. The number of nitrogens with one attached hydrogen (secondary N) is 1. The lowest BCUT2D eigenvalue weighted by Gasteiger charge is -2.23. The number of benzene rings is 2. The van der Waals surface area contributed by atoms with Crippen molar-refractivity contribution in [1.82, 2.24) is 4.98 Å². The quantitative estimate of drug-likeness (QED) is 0.748. The molecule has 2 heterocycles. The predicted molar refractivity (Wildman–Crippen MR) is 105 cm³/mol. The zero-order chi connectivity index (χ0) is 18.1. The van der Waals surface area contributed by atoms with Crippen LogP contribution in [0.4, 0.5) is 17.1 Å². The van der Waals surface area contributed by atoms with Gasteiger partial charge in [-0.05, 0) is 49.6 Å². The van der Waals surface area contributed by atoms with Crippen LogP contribution in [0.2, 0.25) is 0 Å². The predicted octanol–water partition coefficient (Wildman–Crippen LogP) is 4.73. The van der Waals surface area contributed by atoms with Gasteiger partial charge in [0.1, 0.15) is 0 Å². The van der Waals surface area contributed by atoms with Crippen LogP contribution in [0.15, 0.2) is 67.0 Å². The maximum atomic E-state index is 13.1. The third kappa shape index (κ3) is 2.94. The lowest BCUT2D eigenvalue weighted by Crippen LogP contribution is -2.35. The highest BCUT2D eigenvalue weighted by Gasteiger charge is 2.31. The average molecular weight is 343 g/mol. The van der Waals surface area contributed by atoms with Crippen molar-refractivity contribution < 1.29 is 4.79 Å². The zero-order valence-electron chi connectivity index (χ0n) is 14.9. The van der Waals surface area contributed by atoms with Crippen LogP contribution in [0.25, 0.3) is 0 Å². The summed E-state index contributed by atoms with van der Waals surface area (Å²) >= 11 is 0. The fourth-order valence-electron chi connectivity index (χ4n) is 3.51. The van der Waals surface area contributed by atoms with Crippen LogP contribution in [-0.4, -0.2) is 16.9 Å². The fourth-order valence-corrected chi connectivity index (χ4v) is 3.51. The van der Waals surface area contributed by atoms with Crippen molar-refractivity contribution in [2.45, 2.75) is 26.3 Å². The minimum atomic E-state index is -0.0108. The van der Waals surface area contributed by atoms with Gasteiger partial charge in [0.25, 0.3) is 5.91 Å². The number of amides is 1. The Morgan fingerprint density at radius 2 is 1.88 bits per heavy atom. The molecule has 1 aliphatic rings. The highest BCUT2D eigenvalue weighted by atomic mass is 16.2. The molecule has 3 aromatic rings. The second-order valence-corrected chi connectivity index (χ2v) is 6.76. The number of carbonyl (C=O) groups excluding carboxylic acids is 1. The molecule has 0 saturated heterocycles. The first-order valence-electron chi connectivity index (χ1n) is 8.82. The number of rotatable bonds is 3. The third-order valence-corrected chi connectivity index (χ3v) is 4.84. The molecule has 0 bridgehead atoms. The molecule has 0 aliphatic carbocycles. The lowest BCUT2D eigenvalue weighted by atomic mass is 10.1. The molecule has 1 atom stereocenters. The first-order valence-corrected chi connectivity index (χ1v) is 8.82. The number of pyridine rings is 1. The van der Waals surface area contributed by atoms with Crippen molar-refractivity contribution in [3.05, 3.63) is 83.7 Å². The highest BCUT2D eigenvalue weighted by Crippen LogP contribution is 2.33. The molecule has 0 radical (unpaired) electrons. The molecule has 130 valence electrons. The summed E-state index contributed by atoms with van der Waals surface area (Å²) < 4.78 is 0. The number of anilines is 3. The monoisotopic (exact) mass is 343 g/mol. The number of hydrogen-bond donors (Lipinski definition) is 1. The number of fused-ring (bicyclic) bond motifs is 1. The van der Waals surface area contributed by atoms with Crippen LogP contribution < -0.4 is 10.2 Å². The molecule has 4 heteroatoms. The van der Waals surface area contributed by atoms with Gasteiger partial charge in [0.2, 0.25) is 0 Å². The number of carbonyl (C=O) groups is 1. The van der Waals surface area contributed by atoms with Crippen LogP contribution in [0, 0.1) is 6.92 Å². The second-order valence-electron chi connectivity index (χ2n) is 6.76. The van der Waals surface area contributed by atoms with Crippen LogP contribution in [0.3, 0.4) is 0 Å². The van der Waals surface area contributed by atoms with Crippen LogP contribution in [0.5, 0.6) is 0 Å². The van der Waals surface area contributed by atoms with Crippen LogP contribution in [0.1, 0.15) is 28.4 Å². The molecule has 4 rings (SSSR count). The van der Waals surface area contributed by atoms with Crippen LogP contribution in [-0.2, 0) is 6.42 Å². The molecule has 4 nitrogen and oxygen atoms in total. The van der Waals surface area contributed by atoms with E-state index in [-0.39, 0.29) is 11.9 Å². The zero-order valence-corrected chi connectivity index (χ0v) is 14.9. The van der Waals surface area contributed by atoms with E-state index < -0.39 is 0 Å². The van der Waals surface area contributed by atoms with E-state index in [9.17, 15) is 4.79 Å². The van der Waals surface area contributed by atoms with E-state index >= 15 is 0 Å². The highest BCUT2D eigenvalue weighted by molar-refractivity contribution is 6.08. The molecule has 0 fully saturated rings. The Hall–Kier alpha value is -3.14. The molecule has 1 unspecified atom stereocenters. The van der Waals surface area contributed by atoms with Crippen LogP contribution >= 0.6 is 0 Å². The minimum absolute atomic E-state index is 0.0108. The van der Waals surface area contributed by atoms with E-state index in [1.807, 2.05) is 60.4 Å². The first-order chi connectivity index (χ1) is 12.6. The molecule has 0 saturated carbocycles. The van der Waals surface area contributed by atoms with Gasteiger partial charge in [-0.3, -0.25) is 9.78 Å². The van der Waals surface area contributed by atoms with Gasteiger partial charge >= 0.3 is 0 Å². The molecular formula is C22H21N3O. The van der Waals surface area contributed by atoms with Crippen molar-refractivity contribution in [3.8, 4) is 0 Å². The number of hydrogen-bond acceptors (Lipinski definition) is 3. The van der Waals surface area contributed by atoms with Crippen molar-refractivity contribution in [2.24, 2.45) is 0 Å². The number of aromatic nitrogens is 1. The molecule has 1 aromatic heterocycles. The molecule has 2 aromatic carbocycles. The Labute approximate surface area is 153 Å². The van der Waals surface area contributed by atoms with E-state index in [1.165, 1.54) is 5.56 Å². The summed E-state index contributed by atoms with van der Waals surface area (Å²) in [6, 6.07) is 18.2. The van der Waals surface area contributed by atoms with E-state index in [1.54, 1.807) is 12.4 Å². The minimum Gasteiger partial charge on any atom is -0.354 e. The summed E-state index contributed by atoms with van der Waals surface area (Å²) in [4.78, 5) is 19.3. The van der Waals surface area contributed by atoms with Gasteiger partial charge in [-0.15, -0.1) is 0 Å². The van der Waals surface area contributed by atoms with Gasteiger partial charge in [0.15, 0.2) is 0 Å². The maximum absolute atomic E-state index is 13.1. The summed E-state index contributed by atoms with van der Waals surface area (Å²) in [5, 5.41) is 3.36. The van der Waals surface area contributed by atoms with Gasteiger partial charge in [0.05, 0.1) is 17.4 Å². The molecule has 26 heavy (non-hydrogen) atoms. The largest absolute Gasteiger partial charge is 0.354 e. The molecular weight excluding hydrogens is 322 g/mol. The summed E-state index contributed by atoms with van der Waals surface area (Å²) in [7, 11) is 0. The summed E-state index contributed by atoms with van der Waals surface area (Å²) in [6.07, 6.45) is 4.26. The molecule has 1 amide bonds. The second kappa shape index (κ2) is 6.64. The average Bonchev–Trinajstić information content (AvgIpc) is 2.99. The van der Waals surface area contributed by atoms with Gasteiger partial charge < -0.3 is 10.2 Å². The van der Waals surface area contributed by atoms with Crippen molar-refractivity contribution in [3.63, 3.8) is 0 Å². The van der Waals surface area contributed by atoms with E-state index in [4.69, 9.17) is 0 Å². The van der Waals surface area contributed by atoms with Gasteiger partial charge in [-0.2, -0.15) is 0 Å². The Kier molecular flexibility index (Phi) is 4.17. The fraction of sp³-hybridized carbons (Fsp3) is 0.182. The maximum Gasteiger partial charge on any atom is 0.260 e. The lowest BCUT2D eigenvalue weighted by molar-refractivity contribution is 0.0981. The smallest absolute Gasteiger partial charge is 0.260 e. The Balaban J connectivity index is 1.63. The SMILES string of the molecule is Cc1ccccc1Nc1cncc(C(=O)N2c3ccccc3CC2C)c1. The van der Waals surface area contributed by atoms with Crippen molar-refractivity contribution >= 4 is 23.0 Å². The van der Waals surface area contributed by atoms with Gasteiger partial charge in [-0.1, -0.05) is 36.4 Å². The van der Waals surface area contributed by atoms with E-state index in [0.717, 1.165) is 29.0 Å². The Bertz CT molecular complexity index is 967. The summed E-state index contributed by atoms with van der Waals surface area (Å²) in [5.41, 5.74) is 5.78. The molecule has 1 aliphatic heterocycles. The topological polar surface area (TPSA) is 45.2 Å². The third-order valence-electron chi connectivity index (χ3n) is 4.84. The number of para-hydroxylation sites is 2. The number of nitrogens with zero attached hydrogens (tertiary/aromatic N) is 2. The summed E-state index contributed by atoms with van der Waals surface area (Å²) in [5.74, 6) is -0.0108.